The number of hydrogen-bond donors (Lipinski definition) is 3. The minimum absolute atomic E-state index is 0.129. The molecule has 0 bridgehead atoms. The van der Waals surface area contributed by atoms with Gasteiger partial charge in [-0.25, -0.2) is 4.98 Å². The number of nitrogen functional groups attached to an aromatic ring is 1. The zero-order valence-electron chi connectivity index (χ0n) is 12.1. The average Bonchev–Trinajstić information content (AvgIpc) is 2.43. The normalized spacial score (nSPS) is 10.4. The van der Waals surface area contributed by atoms with Gasteiger partial charge in [-0.05, 0) is 19.1 Å². The molecule has 110 valence electrons. The van der Waals surface area contributed by atoms with E-state index in [0.717, 1.165) is 16.5 Å². The third kappa shape index (κ3) is 3.47. The number of nitrogens with one attached hydrogen (secondary N) is 2. The maximum Gasteiger partial charge on any atom is 0.270 e. The Labute approximate surface area is 122 Å². The minimum atomic E-state index is -0.278. The molecule has 0 saturated heterocycles. The molecule has 1 aromatic heterocycles. The molecule has 1 heterocycles. The Balaban J connectivity index is 2.23. The first-order valence-electron chi connectivity index (χ1n) is 6.67. The van der Waals surface area contributed by atoms with Gasteiger partial charge in [0.2, 0.25) is 5.91 Å². The van der Waals surface area contributed by atoms with Crippen LogP contribution in [0, 0.1) is 6.92 Å². The lowest BCUT2D eigenvalue weighted by molar-refractivity contribution is -0.118. The van der Waals surface area contributed by atoms with Gasteiger partial charge in [-0.3, -0.25) is 9.59 Å². The first-order chi connectivity index (χ1) is 9.99. The number of amides is 2. The van der Waals surface area contributed by atoms with Crippen LogP contribution in [0.5, 0.6) is 0 Å². The highest BCUT2D eigenvalue weighted by molar-refractivity contribution is 6.08. The van der Waals surface area contributed by atoms with Crippen LogP contribution in [0.4, 0.5) is 5.69 Å². The molecule has 0 atom stereocenters. The molecule has 6 nitrogen and oxygen atoms in total. The first-order valence-corrected chi connectivity index (χ1v) is 6.67. The van der Waals surface area contributed by atoms with Crippen LogP contribution in [-0.2, 0) is 4.79 Å². The van der Waals surface area contributed by atoms with Crippen molar-refractivity contribution in [3.63, 3.8) is 0 Å². The Bertz CT molecular complexity index is 697. The summed E-state index contributed by atoms with van der Waals surface area (Å²) in [5, 5.41) is 6.89. The van der Waals surface area contributed by atoms with Crippen molar-refractivity contribution in [2.75, 3.05) is 18.8 Å². The molecular formula is C15H18N4O2. The first kappa shape index (κ1) is 14.8. The fourth-order valence-corrected chi connectivity index (χ4v) is 2.10. The van der Waals surface area contributed by atoms with E-state index in [4.69, 9.17) is 5.73 Å². The van der Waals surface area contributed by atoms with Crippen LogP contribution in [-0.4, -0.2) is 29.9 Å². The van der Waals surface area contributed by atoms with E-state index in [0.29, 0.717) is 24.5 Å². The summed E-state index contributed by atoms with van der Waals surface area (Å²) in [6.07, 6.45) is 0. The van der Waals surface area contributed by atoms with Gasteiger partial charge in [0.05, 0.1) is 0 Å². The quantitative estimate of drug-likeness (QED) is 0.577. The number of nitrogens with zero attached hydrogens (tertiary/aromatic N) is 1. The fraction of sp³-hybridized carbons (Fsp3) is 0.267. The second-order valence-electron chi connectivity index (χ2n) is 4.79. The van der Waals surface area contributed by atoms with Gasteiger partial charge in [0.1, 0.15) is 5.69 Å². The summed E-state index contributed by atoms with van der Waals surface area (Å²) < 4.78 is 0. The topological polar surface area (TPSA) is 97.1 Å². The van der Waals surface area contributed by atoms with Gasteiger partial charge in [-0.15, -0.1) is 0 Å². The molecule has 2 aromatic rings. The molecule has 0 spiro atoms. The SMILES string of the molecule is CC(=O)NCCNC(=O)c1nc(C)cc2c(N)cccc12. The number of rotatable bonds is 4. The minimum Gasteiger partial charge on any atom is -0.398 e. The third-order valence-corrected chi connectivity index (χ3v) is 3.04. The number of hydrogen-bond acceptors (Lipinski definition) is 4. The Morgan fingerprint density at radius 3 is 2.62 bits per heavy atom. The van der Waals surface area contributed by atoms with Crippen molar-refractivity contribution >= 4 is 28.3 Å². The van der Waals surface area contributed by atoms with Crippen LogP contribution >= 0.6 is 0 Å². The fourth-order valence-electron chi connectivity index (χ4n) is 2.10. The molecular weight excluding hydrogens is 268 g/mol. The number of nitrogens with two attached hydrogens (primary N) is 1. The summed E-state index contributed by atoms with van der Waals surface area (Å²) in [4.78, 5) is 27.3. The monoisotopic (exact) mass is 286 g/mol. The summed E-state index contributed by atoms with van der Waals surface area (Å²) in [6, 6.07) is 7.27. The summed E-state index contributed by atoms with van der Waals surface area (Å²) in [5.74, 6) is -0.407. The maximum absolute atomic E-state index is 12.2. The summed E-state index contributed by atoms with van der Waals surface area (Å²) in [6.45, 7) is 3.98. The van der Waals surface area contributed by atoms with E-state index in [2.05, 4.69) is 15.6 Å². The van der Waals surface area contributed by atoms with Crippen LogP contribution in [0.3, 0.4) is 0 Å². The van der Waals surface area contributed by atoms with Crippen LogP contribution in [0.15, 0.2) is 24.3 Å². The zero-order chi connectivity index (χ0) is 15.4. The predicted octanol–water partition coefficient (Wildman–Crippen LogP) is 0.991. The lowest BCUT2D eigenvalue weighted by atomic mass is 10.1. The lowest BCUT2D eigenvalue weighted by Gasteiger charge is -2.10. The molecule has 0 unspecified atom stereocenters. The van der Waals surface area contributed by atoms with Crippen molar-refractivity contribution in [1.82, 2.24) is 15.6 Å². The van der Waals surface area contributed by atoms with Gasteiger partial charge in [0, 0.05) is 42.2 Å². The molecule has 0 radical (unpaired) electrons. The summed E-state index contributed by atoms with van der Waals surface area (Å²) in [5.41, 5.74) is 7.63. The van der Waals surface area contributed by atoms with Gasteiger partial charge >= 0.3 is 0 Å². The molecule has 6 heteroatoms. The van der Waals surface area contributed by atoms with Crippen LogP contribution < -0.4 is 16.4 Å². The second-order valence-corrected chi connectivity index (χ2v) is 4.79. The van der Waals surface area contributed by atoms with Gasteiger partial charge in [-0.2, -0.15) is 0 Å². The molecule has 21 heavy (non-hydrogen) atoms. The largest absolute Gasteiger partial charge is 0.398 e. The number of aryl methyl sites for hydroxylation is 1. The smallest absolute Gasteiger partial charge is 0.270 e. The highest BCUT2D eigenvalue weighted by Gasteiger charge is 2.13. The van der Waals surface area contributed by atoms with Gasteiger partial charge in [0.25, 0.3) is 5.91 Å². The zero-order valence-corrected chi connectivity index (χ0v) is 12.1. The van der Waals surface area contributed by atoms with E-state index in [-0.39, 0.29) is 11.8 Å². The molecule has 0 aliphatic heterocycles. The van der Waals surface area contributed by atoms with Crippen molar-refractivity contribution in [2.45, 2.75) is 13.8 Å². The second kappa shape index (κ2) is 6.21. The van der Waals surface area contributed by atoms with E-state index in [1.54, 1.807) is 12.1 Å². The number of anilines is 1. The maximum atomic E-state index is 12.2. The summed E-state index contributed by atoms with van der Waals surface area (Å²) in [7, 11) is 0. The number of pyridine rings is 1. The van der Waals surface area contributed by atoms with Gasteiger partial charge in [0.15, 0.2) is 0 Å². The molecule has 2 rings (SSSR count). The molecule has 1 aromatic carbocycles. The molecule has 0 fully saturated rings. The summed E-state index contributed by atoms with van der Waals surface area (Å²) >= 11 is 0. The Morgan fingerprint density at radius 2 is 1.90 bits per heavy atom. The standard InChI is InChI=1S/C15H18N4O2/c1-9-8-12-11(4-3-5-13(12)16)14(19-9)15(21)18-7-6-17-10(2)20/h3-5,8H,6-7,16H2,1-2H3,(H,17,20)(H,18,21). The van der Waals surface area contributed by atoms with E-state index in [1.165, 1.54) is 6.92 Å². The number of carbonyl (C=O) groups is 2. The van der Waals surface area contributed by atoms with Crippen LogP contribution in [0.1, 0.15) is 23.1 Å². The number of fused-ring (bicyclic) bond motifs is 1. The Morgan fingerprint density at radius 1 is 1.19 bits per heavy atom. The van der Waals surface area contributed by atoms with Gasteiger partial charge < -0.3 is 16.4 Å². The third-order valence-electron chi connectivity index (χ3n) is 3.04. The van der Waals surface area contributed by atoms with Crippen LogP contribution in [0.2, 0.25) is 0 Å². The van der Waals surface area contributed by atoms with E-state index in [1.807, 2.05) is 19.1 Å². The van der Waals surface area contributed by atoms with Crippen molar-refractivity contribution in [2.24, 2.45) is 0 Å². The van der Waals surface area contributed by atoms with E-state index < -0.39 is 0 Å². The van der Waals surface area contributed by atoms with E-state index >= 15 is 0 Å². The molecule has 4 N–H and O–H groups in total. The van der Waals surface area contributed by atoms with Crippen LogP contribution in [0.25, 0.3) is 10.8 Å². The highest BCUT2D eigenvalue weighted by atomic mass is 16.2. The molecule has 0 saturated carbocycles. The lowest BCUT2D eigenvalue weighted by Crippen LogP contribution is -2.34. The van der Waals surface area contributed by atoms with E-state index in [9.17, 15) is 9.59 Å². The van der Waals surface area contributed by atoms with Gasteiger partial charge in [-0.1, -0.05) is 12.1 Å². The molecule has 2 amide bonds. The number of aromatic nitrogens is 1. The Kier molecular flexibility index (Phi) is 4.37. The van der Waals surface area contributed by atoms with Crippen molar-refractivity contribution in [1.29, 1.82) is 0 Å². The number of benzene rings is 1. The highest BCUT2D eigenvalue weighted by Crippen LogP contribution is 2.23. The van der Waals surface area contributed by atoms with Crippen molar-refractivity contribution < 1.29 is 9.59 Å². The Hall–Kier alpha value is -2.63. The number of carbonyl (C=O) groups excluding carboxylic acids is 2. The average molecular weight is 286 g/mol. The van der Waals surface area contributed by atoms with Crippen molar-refractivity contribution in [3.05, 3.63) is 35.7 Å². The predicted molar refractivity (Wildman–Crippen MR) is 81.9 cm³/mol. The molecule has 0 aliphatic rings. The molecule has 0 aliphatic carbocycles. The van der Waals surface area contributed by atoms with Crippen molar-refractivity contribution in [3.8, 4) is 0 Å².